The Labute approximate surface area is 252 Å². The molecule has 0 spiro atoms. The zero-order valence-electron chi connectivity index (χ0n) is 26.1. The van der Waals surface area contributed by atoms with Gasteiger partial charge in [0, 0.05) is 11.4 Å². The predicted molar refractivity (Wildman–Crippen MR) is 162 cm³/mol. The van der Waals surface area contributed by atoms with Crippen LogP contribution in [0.25, 0.3) is 0 Å². The lowest BCUT2D eigenvalue weighted by Gasteiger charge is -2.23. The number of para-hydroxylation sites is 2. The van der Waals surface area contributed by atoms with Crippen LogP contribution < -0.4 is 21.3 Å². The second-order valence-corrected chi connectivity index (χ2v) is 11.8. The molecule has 0 unspecified atom stereocenters. The molecule has 0 aliphatic carbocycles. The van der Waals surface area contributed by atoms with Crippen molar-refractivity contribution in [2.45, 2.75) is 78.3 Å². The molecule has 2 aromatic rings. The second kappa shape index (κ2) is 15.5. The highest BCUT2D eigenvalue weighted by Crippen LogP contribution is 2.30. The minimum Gasteiger partial charge on any atom is -0.480 e. The topological polar surface area (TPSA) is 180 Å². The van der Waals surface area contributed by atoms with Gasteiger partial charge in [0.05, 0.1) is 7.11 Å². The first-order chi connectivity index (χ1) is 19.8. The van der Waals surface area contributed by atoms with Gasteiger partial charge in [-0.25, -0.2) is 4.79 Å². The van der Waals surface area contributed by atoms with Gasteiger partial charge in [0.25, 0.3) is 0 Å². The fourth-order valence-corrected chi connectivity index (χ4v) is 3.67. The molecule has 0 aromatic heterocycles. The summed E-state index contributed by atoms with van der Waals surface area (Å²) in [4.78, 5) is 69.1. The summed E-state index contributed by atoms with van der Waals surface area (Å²) in [6.45, 7) is 14.7. The monoisotopic (exact) mass is 598 g/mol. The molecule has 0 saturated carbocycles. The van der Waals surface area contributed by atoms with Crippen LogP contribution in [0.2, 0.25) is 0 Å². The molecule has 0 bridgehead atoms. The number of rotatable bonds is 6. The lowest BCUT2D eigenvalue weighted by atomic mass is 9.86. The molecule has 0 radical (unpaired) electrons. The molecule has 43 heavy (non-hydrogen) atoms. The van der Waals surface area contributed by atoms with Crippen LogP contribution in [0, 0.1) is 0 Å². The van der Waals surface area contributed by atoms with Crippen LogP contribution in [-0.2, 0) is 44.3 Å². The molecule has 5 N–H and O–H groups in total. The van der Waals surface area contributed by atoms with E-state index in [1.54, 1.807) is 24.3 Å². The average molecular weight is 599 g/mol. The molecule has 0 saturated heterocycles. The SMILES string of the molecule is COC(=O)[C@H](C)NC(=O)C(=O)Nc1ccccc1C(C)(C)C.C[C@H](NC(=O)C(=O)Nc1ccccc1C(C)(C)C)C(=O)O. The van der Waals surface area contributed by atoms with E-state index in [-0.39, 0.29) is 10.8 Å². The maximum absolute atomic E-state index is 12.0. The number of carbonyl (C=O) groups excluding carboxylic acids is 5. The zero-order chi connectivity index (χ0) is 33.1. The number of anilines is 2. The van der Waals surface area contributed by atoms with E-state index in [2.05, 4.69) is 26.0 Å². The van der Waals surface area contributed by atoms with Gasteiger partial charge in [-0.1, -0.05) is 77.9 Å². The molecule has 2 rings (SSSR count). The Balaban J connectivity index is 0.000000430. The Morgan fingerprint density at radius 2 is 0.977 bits per heavy atom. The van der Waals surface area contributed by atoms with E-state index in [0.717, 1.165) is 11.1 Å². The molecule has 0 aliphatic heterocycles. The number of methoxy groups -OCH3 is 1. The third-order valence-electron chi connectivity index (χ3n) is 6.00. The molecule has 12 heteroatoms. The first-order valence-corrected chi connectivity index (χ1v) is 13.5. The number of hydrogen-bond donors (Lipinski definition) is 5. The minimum atomic E-state index is -1.20. The van der Waals surface area contributed by atoms with Gasteiger partial charge in [0.1, 0.15) is 12.1 Å². The van der Waals surface area contributed by atoms with Crippen molar-refractivity contribution in [3.8, 4) is 0 Å². The molecule has 0 heterocycles. The van der Waals surface area contributed by atoms with Gasteiger partial charge >= 0.3 is 35.6 Å². The molecule has 4 amide bonds. The molecule has 0 fully saturated rings. The van der Waals surface area contributed by atoms with Gasteiger partial charge in [-0.15, -0.1) is 0 Å². The van der Waals surface area contributed by atoms with Gasteiger partial charge in [-0.3, -0.25) is 24.0 Å². The number of benzene rings is 2. The van der Waals surface area contributed by atoms with Crippen LogP contribution in [0.15, 0.2) is 48.5 Å². The highest BCUT2D eigenvalue weighted by molar-refractivity contribution is 6.40. The Morgan fingerprint density at radius 1 is 0.628 bits per heavy atom. The highest BCUT2D eigenvalue weighted by Gasteiger charge is 2.25. The maximum atomic E-state index is 12.0. The summed E-state index contributed by atoms with van der Waals surface area (Å²) in [5, 5.41) is 18.2. The molecule has 234 valence electrons. The van der Waals surface area contributed by atoms with Gasteiger partial charge < -0.3 is 31.1 Å². The molecular weight excluding hydrogens is 556 g/mol. The number of ether oxygens (including phenoxy) is 1. The molecule has 2 aromatic carbocycles. The van der Waals surface area contributed by atoms with E-state index in [0.29, 0.717) is 11.4 Å². The van der Waals surface area contributed by atoms with Gasteiger partial charge in [0.2, 0.25) is 0 Å². The Kier molecular flexibility index (Phi) is 13.1. The van der Waals surface area contributed by atoms with Crippen molar-refractivity contribution in [1.29, 1.82) is 0 Å². The third kappa shape index (κ3) is 11.6. The number of carboxylic acid groups (broad SMARTS) is 1. The van der Waals surface area contributed by atoms with E-state index in [9.17, 15) is 28.8 Å². The quantitative estimate of drug-likeness (QED) is 0.248. The zero-order valence-corrected chi connectivity index (χ0v) is 26.1. The first-order valence-electron chi connectivity index (χ1n) is 13.5. The summed E-state index contributed by atoms with van der Waals surface area (Å²) in [6.07, 6.45) is 0. The van der Waals surface area contributed by atoms with Crippen molar-refractivity contribution < 1.29 is 38.6 Å². The van der Waals surface area contributed by atoms with Crippen LogP contribution in [0.1, 0.15) is 66.5 Å². The van der Waals surface area contributed by atoms with E-state index < -0.39 is 47.7 Å². The van der Waals surface area contributed by atoms with Crippen LogP contribution in [0.3, 0.4) is 0 Å². The normalized spacial score (nSPS) is 12.3. The summed E-state index contributed by atoms with van der Waals surface area (Å²) < 4.78 is 4.49. The lowest BCUT2D eigenvalue weighted by molar-refractivity contribution is -0.145. The smallest absolute Gasteiger partial charge is 0.328 e. The lowest BCUT2D eigenvalue weighted by Crippen LogP contribution is -2.44. The van der Waals surface area contributed by atoms with Crippen LogP contribution in [0.4, 0.5) is 11.4 Å². The molecule has 2 atom stereocenters. The second-order valence-electron chi connectivity index (χ2n) is 11.8. The fourth-order valence-electron chi connectivity index (χ4n) is 3.67. The number of esters is 1. The van der Waals surface area contributed by atoms with Crippen molar-refractivity contribution in [3.05, 3.63) is 59.7 Å². The summed E-state index contributed by atoms with van der Waals surface area (Å²) in [5.74, 6) is -5.40. The third-order valence-corrected chi connectivity index (χ3v) is 6.00. The van der Waals surface area contributed by atoms with Crippen LogP contribution in [-0.4, -0.2) is 59.9 Å². The Morgan fingerprint density at radius 3 is 1.30 bits per heavy atom. The number of aliphatic carboxylic acids is 1. The molecular formula is C31H42N4O8. The van der Waals surface area contributed by atoms with Gasteiger partial charge in [-0.05, 0) is 47.9 Å². The van der Waals surface area contributed by atoms with Crippen LogP contribution >= 0.6 is 0 Å². The Bertz CT molecular complexity index is 1340. The Hall–Kier alpha value is -4.74. The molecule has 0 aliphatic rings. The van der Waals surface area contributed by atoms with E-state index in [1.165, 1.54) is 21.0 Å². The average Bonchev–Trinajstić information content (AvgIpc) is 2.92. The van der Waals surface area contributed by atoms with Gasteiger partial charge in [-0.2, -0.15) is 0 Å². The van der Waals surface area contributed by atoms with Crippen molar-refractivity contribution in [2.75, 3.05) is 17.7 Å². The largest absolute Gasteiger partial charge is 0.480 e. The number of carbonyl (C=O) groups is 6. The highest BCUT2D eigenvalue weighted by atomic mass is 16.5. The van der Waals surface area contributed by atoms with Crippen molar-refractivity contribution in [3.63, 3.8) is 0 Å². The summed E-state index contributed by atoms with van der Waals surface area (Å²) >= 11 is 0. The van der Waals surface area contributed by atoms with Gasteiger partial charge in [0.15, 0.2) is 0 Å². The summed E-state index contributed by atoms with van der Waals surface area (Å²) in [7, 11) is 1.21. The van der Waals surface area contributed by atoms with Crippen LogP contribution in [0.5, 0.6) is 0 Å². The summed E-state index contributed by atoms with van der Waals surface area (Å²) in [6, 6.07) is 12.4. The summed E-state index contributed by atoms with van der Waals surface area (Å²) in [5.41, 5.74) is 2.53. The van der Waals surface area contributed by atoms with Crippen molar-refractivity contribution in [1.82, 2.24) is 10.6 Å². The predicted octanol–water partition coefficient (Wildman–Crippen LogP) is 3.11. The van der Waals surface area contributed by atoms with Crippen molar-refractivity contribution >= 4 is 46.9 Å². The number of nitrogens with one attached hydrogen (secondary N) is 4. The fraction of sp³-hybridized carbons (Fsp3) is 0.419. The first kappa shape index (κ1) is 36.3. The standard InChI is InChI=1S/C16H22N2O4.C15H20N2O4/c1-10(15(21)22-5)17-13(19)14(20)18-12-9-7-6-8-11(12)16(2,3)4;1-9(14(20)21)16-12(18)13(19)17-11-8-6-5-7-10(11)15(2,3)4/h6-10H,1-5H3,(H,17,19)(H,18,20);5-9H,1-4H3,(H,16,18)(H,17,19)(H,20,21)/t10-;9-/m00/s1. The number of hydrogen-bond acceptors (Lipinski definition) is 7. The molecule has 12 nitrogen and oxygen atoms in total. The number of amides is 4. The maximum Gasteiger partial charge on any atom is 0.328 e. The van der Waals surface area contributed by atoms with E-state index >= 15 is 0 Å². The van der Waals surface area contributed by atoms with E-state index in [1.807, 2.05) is 65.8 Å². The minimum absolute atomic E-state index is 0.181. The van der Waals surface area contributed by atoms with Crippen molar-refractivity contribution in [2.24, 2.45) is 0 Å². The number of carboxylic acids is 1. The van der Waals surface area contributed by atoms with E-state index in [4.69, 9.17) is 5.11 Å².